The monoisotopic (exact) mass is 301 g/mol. The topological polar surface area (TPSA) is 51.3 Å². The third-order valence-electron chi connectivity index (χ3n) is 4.71. The second-order valence-corrected chi connectivity index (χ2v) is 6.14. The maximum atomic E-state index is 12.9. The summed E-state index contributed by atoms with van der Waals surface area (Å²) in [7, 11) is 0. The molecule has 22 heavy (non-hydrogen) atoms. The third kappa shape index (κ3) is 2.45. The van der Waals surface area contributed by atoms with Gasteiger partial charge in [0.15, 0.2) is 0 Å². The fourth-order valence-electron chi connectivity index (χ4n) is 3.41. The number of carbonyl (C=O) groups is 1. The molecule has 1 saturated heterocycles. The second kappa shape index (κ2) is 5.63. The van der Waals surface area contributed by atoms with Crippen molar-refractivity contribution >= 4 is 5.91 Å². The molecule has 1 amide bonds. The van der Waals surface area contributed by atoms with Crippen LogP contribution in [-0.2, 0) is 0 Å². The Morgan fingerprint density at radius 3 is 2.64 bits per heavy atom. The molecule has 1 unspecified atom stereocenters. The largest absolute Gasteiger partial charge is 0.466 e. The summed E-state index contributed by atoms with van der Waals surface area (Å²) in [6.07, 6.45) is 5.93. The molecule has 3 heterocycles. The predicted octanol–water partition coefficient (Wildman–Crippen LogP) is 3.19. The van der Waals surface area contributed by atoms with Gasteiger partial charge in [0, 0.05) is 31.0 Å². The van der Waals surface area contributed by atoms with Gasteiger partial charge in [-0.3, -0.25) is 4.79 Å². The number of amides is 1. The van der Waals surface area contributed by atoms with Crippen LogP contribution in [-0.4, -0.2) is 33.4 Å². The molecule has 118 valence electrons. The van der Waals surface area contributed by atoms with E-state index < -0.39 is 0 Å². The van der Waals surface area contributed by atoms with Crippen LogP contribution >= 0.6 is 0 Å². The average molecular weight is 301 g/mol. The number of piperidine rings is 1. The van der Waals surface area contributed by atoms with Crippen molar-refractivity contribution in [2.75, 3.05) is 13.1 Å². The molecule has 0 aromatic carbocycles. The third-order valence-corrected chi connectivity index (χ3v) is 4.71. The maximum absolute atomic E-state index is 12.9. The Morgan fingerprint density at radius 1 is 1.27 bits per heavy atom. The standard InChI is InChI=1S/C17H23N3O2/c1-11-12(2)22-13(3)16(11)17(21)19-8-5-6-15(10-19)20-9-7-18-14(20)4/h7,9,15H,5-6,8,10H2,1-4H3. The summed E-state index contributed by atoms with van der Waals surface area (Å²) < 4.78 is 7.79. The first-order chi connectivity index (χ1) is 10.5. The lowest BCUT2D eigenvalue weighted by Crippen LogP contribution is -2.41. The van der Waals surface area contributed by atoms with E-state index in [0.29, 0.717) is 6.04 Å². The van der Waals surface area contributed by atoms with Gasteiger partial charge in [-0.15, -0.1) is 0 Å². The Labute approximate surface area is 130 Å². The zero-order chi connectivity index (χ0) is 15.9. The molecule has 0 radical (unpaired) electrons. The summed E-state index contributed by atoms with van der Waals surface area (Å²) in [6.45, 7) is 9.29. The minimum Gasteiger partial charge on any atom is -0.466 e. The molecule has 2 aromatic heterocycles. The molecule has 1 aliphatic rings. The number of aromatic nitrogens is 2. The van der Waals surface area contributed by atoms with Gasteiger partial charge in [0.2, 0.25) is 0 Å². The quantitative estimate of drug-likeness (QED) is 0.856. The number of aryl methyl sites for hydroxylation is 3. The highest BCUT2D eigenvalue weighted by molar-refractivity contribution is 5.97. The first kappa shape index (κ1) is 14.9. The second-order valence-electron chi connectivity index (χ2n) is 6.14. The number of carbonyl (C=O) groups excluding carboxylic acids is 1. The van der Waals surface area contributed by atoms with Crippen molar-refractivity contribution in [3.8, 4) is 0 Å². The van der Waals surface area contributed by atoms with Gasteiger partial charge in [0.25, 0.3) is 5.91 Å². The van der Waals surface area contributed by atoms with Crippen molar-refractivity contribution in [3.05, 3.63) is 40.9 Å². The Balaban J connectivity index is 1.83. The van der Waals surface area contributed by atoms with E-state index in [1.165, 1.54) is 0 Å². The van der Waals surface area contributed by atoms with Crippen LogP contribution in [0.15, 0.2) is 16.8 Å². The van der Waals surface area contributed by atoms with Crippen molar-refractivity contribution < 1.29 is 9.21 Å². The number of hydrogen-bond donors (Lipinski definition) is 0. The highest BCUT2D eigenvalue weighted by atomic mass is 16.3. The molecule has 1 aliphatic heterocycles. The van der Waals surface area contributed by atoms with E-state index in [0.717, 1.165) is 54.4 Å². The molecule has 0 aliphatic carbocycles. The average Bonchev–Trinajstić information content (AvgIpc) is 3.03. The van der Waals surface area contributed by atoms with Crippen LogP contribution in [0.5, 0.6) is 0 Å². The van der Waals surface area contributed by atoms with Crippen LogP contribution in [0.2, 0.25) is 0 Å². The van der Waals surface area contributed by atoms with Gasteiger partial charge >= 0.3 is 0 Å². The zero-order valence-electron chi connectivity index (χ0n) is 13.7. The van der Waals surface area contributed by atoms with E-state index in [-0.39, 0.29) is 5.91 Å². The first-order valence-corrected chi connectivity index (χ1v) is 7.84. The molecule has 1 fully saturated rings. The molecule has 0 N–H and O–H groups in total. The predicted molar refractivity (Wildman–Crippen MR) is 84.1 cm³/mol. The number of furan rings is 1. The molecule has 5 nitrogen and oxygen atoms in total. The van der Waals surface area contributed by atoms with E-state index in [2.05, 4.69) is 9.55 Å². The maximum Gasteiger partial charge on any atom is 0.257 e. The van der Waals surface area contributed by atoms with Gasteiger partial charge < -0.3 is 13.9 Å². The summed E-state index contributed by atoms with van der Waals surface area (Å²) in [5.41, 5.74) is 1.70. The van der Waals surface area contributed by atoms with Crippen LogP contribution in [0.4, 0.5) is 0 Å². The molecular weight excluding hydrogens is 278 g/mol. The van der Waals surface area contributed by atoms with Crippen LogP contribution < -0.4 is 0 Å². The Bertz CT molecular complexity index is 699. The van der Waals surface area contributed by atoms with Gasteiger partial charge in [0.05, 0.1) is 11.6 Å². The van der Waals surface area contributed by atoms with Gasteiger partial charge in [-0.1, -0.05) is 0 Å². The normalized spacial score (nSPS) is 18.7. The van der Waals surface area contributed by atoms with Crippen molar-refractivity contribution in [1.29, 1.82) is 0 Å². The van der Waals surface area contributed by atoms with E-state index in [4.69, 9.17) is 4.42 Å². The SMILES string of the molecule is Cc1oc(C)c(C(=O)N2CCCC(n3ccnc3C)C2)c1C. The van der Waals surface area contributed by atoms with Crippen molar-refractivity contribution in [3.63, 3.8) is 0 Å². The summed E-state index contributed by atoms with van der Waals surface area (Å²) in [6, 6.07) is 0.314. The van der Waals surface area contributed by atoms with Crippen LogP contribution in [0.25, 0.3) is 0 Å². The number of likely N-dealkylation sites (tertiary alicyclic amines) is 1. The van der Waals surface area contributed by atoms with E-state index in [1.807, 2.05) is 45.0 Å². The lowest BCUT2D eigenvalue weighted by atomic mass is 10.0. The molecular formula is C17H23N3O2. The lowest BCUT2D eigenvalue weighted by molar-refractivity contribution is 0.0676. The summed E-state index contributed by atoms with van der Waals surface area (Å²) in [5.74, 6) is 2.65. The number of hydrogen-bond acceptors (Lipinski definition) is 3. The summed E-state index contributed by atoms with van der Waals surface area (Å²) >= 11 is 0. The lowest BCUT2D eigenvalue weighted by Gasteiger charge is -2.34. The minimum atomic E-state index is 0.0920. The number of nitrogens with zero attached hydrogens (tertiary/aromatic N) is 3. The molecule has 2 aromatic rings. The highest BCUT2D eigenvalue weighted by Crippen LogP contribution is 2.27. The molecule has 0 saturated carbocycles. The number of imidazole rings is 1. The van der Waals surface area contributed by atoms with Crippen molar-refractivity contribution in [2.45, 2.75) is 46.6 Å². The minimum absolute atomic E-state index is 0.0920. The Kier molecular flexibility index (Phi) is 3.81. The van der Waals surface area contributed by atoms with Gasteiger partial charge in [-0.05, 0) is 40.5 Å². The van der Waals surface area contributed by atoms with Crippen LogP contribution in [0.3, 0.4) is 0 Å². The molecule has 5 heteroatoms. The molecule has 0 bridgehead atoms. The summed E-state index contributed by atoms with van der Waals surface area (Å²) in [5, 5.41) is 0. The summed E-state index contributed by atoms with van der Waals surface area (Å²) in [4.78, 5) is 19.1. The fourth-order valence-corrected chi connectivity index (χ4v) is 3.41. The smallest absolute Gasteiger partial charge is 0.257 e. The molecule has 0 spiro atoms. The van der Waals surface area contributed by atoms with Gasteiger partial charge in [-0.2, -0.15) is 0 Å². The Morgan fingerprint density at radius 2 is 2.05 bits per heavy atom. The first-order valence-electron chi connectivity index (χ1n) is 7.84. The van der Waals surface area contributed by atoms with Gasteiger partial charge in [0.1, 0.15) is 17.3 Å². The van der Waals surface area contributed by atoms with Crippen molar-refractivity contribution in [2.24, 2.45) is 0 Å². The Hall–Kier alpha value is -2.04. The van der Waals surface area contributed by atoms with E-state index in [1.54, 1.807) is 0 Å². The fraction of sp³-hybridized carbons (Fsp3) is 0.529. The number of rotatable bonds is 2. The van der Waals surface area contributed by atoms with Crippen LogP contribution in [0, 0.1) is 27.7 Å². The van der Waals surface area contributed by atoms with Gasteiger partial charge in [-0.25, -0.2) is 4.98 Å². The molecule has 1 atom stereocenters. The van der Waals surface area contributed by atoms with E-state index >= 15 is 0 Å². The van der Waals surface area contributed by atoms with Crippen LogP contribution in [0.1, 0.15) is 52.1 Å². The van der Waals surface area contributed by atoms with E-state index in [9.17, 15) is 4.79 Å². The van der Waals surface area contributed by atoms with Crippen molar-refractivity contribution in [1.82, 2.24) is 14.5 Å². The zero-order valence-corrected chi connectivity index (χ0v) is 13.7. The highest BCUT2D eigenvalue weighted by Gasteiger charge is 2.29. The molecule has 3 rings (SSSR count).